The van der Waals surface area contributed by atoms with Gasteiger partial charge in [0.2, 0.25) is 0 Å². The number of alkyl halides is 2. The molecule has 0 saturated carbocycles. The number of hydrogen-bond acceptors (Lipinski definition) is 3. The molecule has 1 aromatic rings. The fourth-order valence-corrected chi connectivity index (χ4v) is 1.40. The molecule has 4 N–H and O–H groups in total. The van der Waals surface area contributed by atoms with Gasteiger partial charge in [0.15, 0.2) is 0 Å². The molecular weight excluding hydrogens is 244 g/mol. The van der Waals surface area contributed by atoms with Crippen LogP contribution in [0.25, 0.3) is 0 Å². The highest BCUT2D eigenvalue weighted by molar-refractivity contribution is 9.10. The average Bonchev–Trinajstić information content (AvgIpc) is 2.09. The van der Waals surface area contributed by atoms with Gasteiger partial charge in [0, 0.05) is 18.3 Å². The fourth-order valence-electron chi connectivity index (χ4n) is 0.867. The van der Waals surface area contributed by atoms with Gasteiger partial charge in [-0.2, -0.15) is 0 Å². The average molecular weight is 252 g/mol. The smallest absolute Gasteiger partial charge is 0.281 e. The third-order valence-corrected chi connectivity index (χ3v) is 2.43. The van der Waals surface area contributed by atoms with E-state index in [0.717, 1.165) is 0 Å². The maximum Gasteiger partial charge on any atom is 0.281 e. The van der Waals surface area contributed by atoms with Gasteiger partial charge in [-0.15, -0.1) is 0 Å². The third kappa shape index (κ3) is 1.94. The molecule has 1 rings (SSSR count). The van der Waals surface area contributed by atoms with E-state index in [1.54, 1.807) is 0 Å². The second-order valence-electron chi connectivity index (χ2n) is 2.40. The van der Waals surface area contributed by atoms with Gasteiger partial charge in [-0.05, 0) is 15.9 Å². The van der Waals surface area contributed by atoms with Gasteiger partial charge in [-0.3, -0.25) is 4.98 Å². The van der Waals surface area contributed by atoms with Crippen LogP contribution in [0.5, 0.6) is 0 Å². The van der Waals surface area contributed by atoms with Gasteiger partial charge in [-0.1, -0.05) is 0 Å². The van der Waals surface area contributed by atoms with Crippen molar-refractivity contribution in [3.63, 3.8) is 0 Å². The number of pyridine rings is 1. The molecule has 0 spiro atoms. The summed E-state index contributed by atoms with van der Waals surface area (Å²) >= 11 is 2.95. The lowest BCUT2D eigenvalue weighted by Gasteiger charge is -2.08. The zero-order chi connectivity index (χ0) is 10.0. The van der Waals surface area contributed by atoms with Crippen molar-refractivity contribution < 1.29 is 8.78 Å². The Labute approximate surface area is 82.3 Å². The molecule has 0 radical (unpaired) electrons. The topological polar surface area (TPSA) is 64.9 Å². The van der Waals surface area contributed by atoms with Crippen LogP contribution >= 0.6 is 15.9 Å². The summed E-state index contributed by atoms with van der Waals surface area (Å²) in [6, 6.07) is 0. The van der Waals surface area contributed by atoms with Crippen molar-refractivity contribution in [1.82, 2.24) is 4.98 Å². The lowest BCUT2D eigenvalue weighted by atomic mass is 10.2. The molecule has 0 atom stereocenters. The Bertz CT molecular complexity index is 317. The van der Waals surface area contributed by atoms with Crippen molar-refractivity contribution in [3.8, 4) is 0 Å². The minimum absolute atomic E-state index is 0.130. The SMILES string of the molecule is NCc1cnc(C(F)F)c(Br)c1N. The first-order valence-corrected chi connectivity index (χ1v) is 4.28. The Morgan fingerprint density at radius 1 is 1.54 bits per heavy atom. The van der Waals surface area contributed by atoms with E-state index in [9.17, 15) is 8.78 Å². The predicted octanol–water partition coefficient (Wildman–Crippen LogP) is 1.82. The predicted molar refractivity (Wildman–Crippen MR) is 49.2 cm³/mol. The van der Waals surface area contributed by atoms with Crippen LogP contribution in [0.1, 0.15) is 17.7 Å². The van der Waals surface area contributed by atoms with Gasteiger partial charge in [0.05, 0.1) is 10.2 Å². The van der Waals surface area contributed by atoms with E-state index >= 15 is 0 Å². The van der Waals surface area contributed by atoms with E-state index in [1.807, 2.05) is 0 Å². The van der Waals surface area contributed by atoms with Crippen LogP contribution in [-0.4, -0.2) is 4.98 Å². The monoisotopic (exact) mass is 251 g/mol. The van der Waals surface area contributed by atoms with Crippen LogP contribution in [0.3, 0.4) is 0 Å². The Kier molecular flexibility index (Phi) is 3.16. The Hall–Kier alpha value is -0.750. The molecule has 0 aliphatic carbocycles. The first-order valence-electron chi connectivity index (χ1n) is 3.49. The first kappa shape index (κ1) is 10.3. The molecule has 0 saturated heterocycles. The second kappa shape index (κ2) is 3.97. The summed E-state index contributed by atoms with van der Waals surface area (Å²) in [6.07, 6.45) is -1.37. The van der Waals surface area contributed by atoms with Gasteiger partial charge in [0.25, 0.3) is 6.43 Å². The number of hydrogen-bond donors (Lipinski definition) is 2. The Morgan fingerprint density at radius 2 is 2.15 bits per heavy atom. The molecule has 1 heterocycles. The summed E-state index contributed by atoms with van der Waals surface area (Å²) in [4.78, 5) is 3.55. The van der Waals surface area contributed by atoms with Gasteiger partial charge >= 0.3 is 0 Å². The number of rotatable bonds is 2. The summed E-state index contributed by atoms with van der Waals surface area (Å²) in [7, 11) is 0. The molecule has 0 aliphatic rings. The molecule has 0 amide bonds. The van der Waals surface area contributed by atoms with Crippen LogP contribution < -0.4 is 11.5 Å². The van der Waals surface area contributed by atoms with E-state index in [0.29, 0.717) is 5.56 Å². The largest absolute Gasteiger partial charge is 0.397 e. The first-order chi connectivity index (χ1) is 6.07. The highest BCUT2D eigenvalue weighted by Crippen LogP contribution is 2.31. The molecule has 72 valence electrons. The van der Waals surface area contributed by atoms with E-state index in [2.05, 4.69) is 20.9 Å². The van der Waals surface area contributed by atoms with Crippen LogP contribution in [0.2, 0.25) is 0 Å². The van der Waals surface area contributed by atoms with Crippen LogP contribution in [-0.2, 0) is 6.54 Å². The van der Waals surface area contributed by atoms with Gasteiger partial charge in [-0.25, -0.2) is 8.78 Å². The normalized spacial score (nSPS) is 10.8. The van der Waals surface area contributed by atoms with Crippen molar-refractivity contribution in [2.24, 2.45) is 5.73 Å². The summed E-state index contributed by atoms with van der Waals surface area (Å²) < 4.78 is 24.7. The van der Waals surface area contributed by atoms with E-state index in [4.69, 9.17) is 11.5 Å². The summed E-state index contributed by atoms with van der Waals surface area (Å²) in [5.74, 6) is 0. The number of nitrogens with two attached hydrogens (primary N) is 2. The third-order valence-electron chi connectivity index (χ3n) is 1.59. The number of aromatic nitrogens is 1. The maximum absolute atomic E-state index is 12.3. The Morgan fingerprint density at radius 3 is 2.62 bits per heavy atom. The van der Waals surface area contributed by atoms with Gasteiger partial charge < -0.3 is 11.5 Å². The Balaban J connectivity index is 3.23. The summed E-state index contributed by atoms with van der Waals surface area (Å²) in [5.41, 5.74) is 11.3. The molecule has 0 aliphatic heterocycles. The van der Waals surface area contributed by atoms with Crippen molar-refractivity contribution in [1.29, 1.82) is 0 Å². The minimum atomic E-state index is -2.64. The highest BCUT2D eigenvalue weighted by Gasteiger charge is 2.16. The van der Waals surface area contributed by atoms with Crippen molar-refractivity contribution in [3.05, 3.63) is 21.9 Å². The molecule has 1 aromatic heterocycles. The molecule has 0 fully saturated rings. The maximum atomic E-state index is 12.3. The molecule has 0 unspecified atom stereocenters. The summed E-state index contributed by atoms with van der Waals surface area (Å²) in [5, 5.41) is 0. The lowest BCUT2D eigenvalue weighted by Crippen LogP contribution is -2.05. The second-order valence-corrected chi connectivity index (χ2v) is 3.19. The fraction of sp³-hybridized carbons (Fsp3) is 0.286. The van der Waals surface area contributed by atoms with Crippen molar-refractivity contribution in [2.45, 2.75) is 13.0 Å². The number of anilines is 1. The lowest BCUT2D eigenvalue weighted by molar-refractivity contribution is 0.145. The van der Waals surface area contributed by atoms with Crippen LogP contribution in [0, 0.1) is 0 Å². The van der Waals surface area contributed by atoms with E-state index in [1.165, 1.54) is 6.20 Å². The highest BCUT2D eigenvalue weighted by atomic mass is 79.9. The zero-order valence-electron chi connectivity index (χ0n) is 6.60. The van der Waals surface area contributed by atoms with Crippen LogP contribution in [0.15, 0.2) is 10.7 Å². The molecule has 6 heteroatoms. The van der Waals surface area contributed by atoms with Crippen molar-refractivity contribution >= 4 is 21.6 Å². The van der Waals surface area contributed by atoms with Crippen LogP contribution in [0.4, 0.5) is 14.5 Å². The molecule has 0 bridgehead atoms. The standard InChI is InChI=1S/C7H8BrF2N3/c8-4-5(12)3(1-11)2-13-6(4)7(9)10/h2,7H,1,11H2,(H2,12,13). The van der Waals surface area contributed by atoms with Crippen molar-refractivity contribution in [2.75, 3.05) is 5.73 Å². The zero-order valence-corrected chi connectivity index (χ0v) is 8.18. The molecule has 13 heavy (non-hydrogen) atoms. The van der Waals surface area contributed by atoms with E-state index in [-0.39, 0.29) is 22.4 Å². The minimum Gasteiger partial charge on any atom is -0.397 e. The molecule has 0 aromatic carbocycles. The quantitative estimate of drug-likeness (QED) is 0.843. The molecule has 3 nitrogen and oxygen atoms in total. The van der Waals surface area contributed by atoms with Gasteiger partial charge in [0.1, 0.15) is 5.69 Å². The number of halogens is 3. The molecular formula is C7H8BrF2N3. The number of nitrogen functional groups attached to an aromatic ring is 1. The number of nitrogens with zero attached hydrogens (tertiary/aromatic N) is 1. The van der Waals surface area contributed by atoms with E-state index < -0.39 is 6.43 Å². The summed E-state index contributed by atoms with van der Waals surface area (Å²) in [6.45, 7) is 0.181.